The molecule has 198 valence electrons. The number of carbonyl (C=O) groups excluding carboxylic acids is 2. The zero-order valence-corrected chi connectivity index (χ0v) is 22.0. The first kappa shape index (κ1) is 26.3. The minimum Gasteiger partial charge on any atom is -0.489 e. The standard InChI is InChI=1S/C32H25FN4O3/c1-3-36-31(38)28(21(2)29(18-34)32(36)39)17-24-19-37(26-9-5-4-6-10-26)35-30(24)23-8-7-11-27(16-23)40-20-22-12-14-25(33)15-13-22/h4-17,19H,3,20H2,1-2H3/b28-17+. The van der Waals surface area contributed by atoms with Crippen LogP contribution in [0.2, 0.25) is 0 Å². The highest BCUT2D eigenvalue weighted by Gasteiger charge is 2.34. The molecule has 0 saturated heterocycles. The Bertz CT molecular complexity index is 1700. The van der Waals surface area contributed by atoms with E-state index in [-0.39, 0.29) is 30.1 Å². The number of hydrogen-bond acceptors (Lipinski definition) is 5. The van der Waals surface area contributed by atoms with E-state index in [2.05, 4.69) is 0 Å². The Morgan fingerprint density at radius 3 is 2.45 bits per heavy atom. The van der Waals surface area contributed by atoms with Crippen molar-refractivity contribution in [2.24, 2.45) is 0 Å². The summed E-state index contributed by atoms with van der Waals surface area (Å²) < 4.78 is 20.9. The van der Waals surface area contributed by atoms with Gasteiger partial charge in [-0.1, -0.05) is 42.5 Å². The van der Waals surface area contributed by atoms with Crippen molar-refractivity contribution in [2.75, 3.05) is 6.54 Å². The van der Waals surface area contributed by atoms with Crippen molar-refractivity contribution in [3.05, 3.63) is 119 Å². The third-order valence-corrected chi connectivity index (χ3v) is 6.63. The van der Waals surface area contributed by atoms with E-state index in [1.165, 1.54) is 12.1 Å². The Morgan fingerprint density at radius 2 is 1.75 bits per heavy atom. The molecule has 4 aromatic rings. The molecule has 2 amide bonds. The molecule has 8 heteroatoms. The van der Waals surface area contributed by atoms with Crippen molar-refractivity contribution >= 4 is 17.9 Å². The molecule has 0 fully saturated rings. The number of halogens is 1. The number of likely N-dealkylation sites (N-methyl/N-ethyl adjacent to an activating group) is 1. The van der Waals surface area contributed by atoms with E-state index in [1.54, 1.807) is 36.7 Å². The van der Waals surface area contributed by atoms with E-state index in [1.807, 2.05) is 66.9 Å². The Balaban J connectivity index is 1.58. The average molecular weight is 533 g/mol. The Labute approximate surface area is 231 Å². The molecule has 2 heterocycles. The summed E-state index contributed by atoms with van der Waals surface area (Å²) in [6.45, 7) is 3.71. The van der Waals surface area contributed by atoms with E-state index in [0.717, 1.165) is 21.7 Å². The van der Waals surface area contributed by atoms with Gasteiger partial charge in [0, 0.05) is 29.4 Å². The lowest BCUT2D eigenvalue weighted by atomic mass is 9.93. The second kappa shape index (κ2) is 11.2. The van der Waals surface area contributed by atoms with Crippen LogP contribution in [0.1, 0.15) is 25.0 Å². The van der Waals surface area contributed by atoms with Gasteiger partial charge in [-0.3, -0.25) is 14.5 Å². The molecule has 0 aliphatic carbocycles. The smallest absolute Gasteiger partial charge is 0.271 e. The maximum atomic E-state index is 13.3. The van der Waals surface area contributed by atoms with Crippen LogP contribution in [0.5, 0.6) is 5.75 Å². The number of nitrogens with zero attached hydrogens (tertiary/aromatic N) is 4. The minimum atomic E-state index is -0.587. The summed E-state index contributed by atoms with van der Waals surface area (Å²) in [4.78, 5) is 27.0. The fraction of sp³-hybridized carbons (Fsp3) is 0.125. The van der Waals surface area contributed by atoms with Crippen molar-refractivity contribution in [3.63, 3.8) is 0 Å². The fourth-order valence-electron chi connectivity index (χ4n) is 4.48. The van der Waals surface area contributed by atoms with E-state index in [4.69, 9.17) is 9.84 Å². The first-order valence-electron chi connectivity index (χ1n) is 12.7. The number of hydrogen-bond donors (Lipinski definition) is 0. The van der Waals surface area contributed by atoms with Gasteiger partial charge in [-0.2, -0.15) is 10.4 Å². The number of aromatic nitrogens is 2. The lowest BCUT2D eigenvalue weighted by Crippen LogP contribution is -2.42. The van der Waals surface area contributed by atoms with Crippen LogP contribution >= 0.6 is 0 Å². The van der Waals surface area contributed by atoms with Crippen LogP contribution in [0.15, 0.2) is 102 Å². The Morgan fingerprint density at radius 1 is 1.00 bits per heavy atom. The predicted molar refractivity (Wildman–Crippen MR) is 148 cm³/mol. The normalized spacial score (nSPS) is 14.6. The number of para-hydroxylation sites is 1. The van der Waals surface area contributed by atoms with E-state index in [0.29, 0.717) is 22.6 Å². The summed E-state index contributed by atoms with van der Waals surface area (Å²) in [5.41, 5.74) is 4.14. The number of amides is 2. The number of benzene rings is 3. The second-order valence-electron chi connectivity index (χ2n) is 9.18. The van der Waals surface area contributed by atoms with Gasteiger partial charge in [0.05, 0.1) is 5.69 Å². The molecule has 0 radical (unpaired) electrons. The second-order valence-corrected chi connectivity index (χ2v) is 9.18. The Kier molecular flexibility index (Phi) is 7.38. The van der Waals surface area contributed by atoms with Crippen LogP contribution in [0, 0.1) is 17.1 Å². The van der Waals surface area contributed by atoms with Crippen LogP contribution in [0.4, 0.5) is 4.39 Å². The Hall–Kier alpha value is -5.29. The molecular formula is C32H25FN4O3. The first-order valence-corrected chi connectivity index (χ1v) is 12.7. The van der Waals surface area contributed by atoms with Crippen LogP contribution < -0.4 is 4.74 Å². The first-order chi connectivity index (χ1) is 19.4. The molecule has 0 N–H and O–H groups in total. The maximum Gasteiger partial charge on any atom is 0.271 e. The summed E-state index contributed by atoms with van der Waals surface area (Å²) in [5.74, 6) is -0.764. The molecule has 0 spiro atoms. The van der Waals surface area contributed by atoms with Crippen LogP contribution in [-0.4, -0.2) is 33.0 Å². The van der Waals surface area contributed by atoms with Gasteiger partial charge in [0.1, 0.15) is 35.5 Å². The number of nitriles is 1. The van der Waals surface area contributed by atoms with Gasteiger partial charge >= 0.3 is 0 Å². The molecule has 1 aromatic heterocycles. The zero-order valence-electron chi connectivity index (χ0n) is 22.0. The molecule has 1 aliphatic rings. The highest BCUT2D eigenvalue weighted by molar-refractivity contribution is 6.19. The third-order valence-electron chi connectivity index (χ3n) is 6.63. The van der Waals surface area contributed by atoms with Crippen LogP contribution in [-0.2, 0) is 16.2 Å². The zero-order chi connectivity index (χ0) is 28.2. The van der Waals surface area contributed by atoms with Gasteiger partial charge in [-0.15, -0.1) is 0 Å². The van der Waals surface area contributed by atoms with Crippen LogP contribution in [0.3, 0.4) is 0 Å². The number of imide groups is 1. The molecule has 1 aliphatic heterocycles. The van der Waals surface area contributed by atoms with Crippen molar-refractivity contribution in [3.8, 4) is 28.8 Å². The summed E-state index contributed by atoms with van der Waals surface area (Å²) in [7, 11) is 0. The molecule has 7 nitrogen and oxygen atoms in total. The number of carbonyl (C=O) groups is 2. The SMILES string of the molecule is CCN1C(=O)C(C#N)=C(C)/C(=C\c2cn(-c3ccccc3)nc2-c2cccc(OCc3ccc(F)cc3)c2)C1=O. The van der Waals surface area contributed by atoms with Gasteiger partial charge in [-0.25, -0.2) is 9.07 Å². The van der Waals surface area contributed by atoms with Gasteiger partial charge in [0.2, 0.25) is 0 Å². The summed E-state index contributed by atoms with van der Waals surface area (Å²) in [6, 6.07) is 25.0. The van der Waals surface area contributed by atoms with Crippen molar-refractivity contribution in [1.29, 1.82) is 5.26 Å². The molecule has 0 atom stereocenters. The quantitative estimate of drug-likeness (QED) is 0.219. The highest BCUT2D eigenvalue weighted by Crippen LogP contribution is 2.32. The maximum absolute atomic E-state index is 13.3. The topological polar surface area (TPSA) is 88.2 Å². The number of rotatable bonds is 7. The molecule has 3 aromatic carbocycles. The van der Waals surface area contributed by atoms with Gasteiger partial charge < -0.3 is 4.74 Å². The lowest BCUT2D eigenvalue weighted by Gasteiger charge is -2.26. The fourth-order valence-corrected chi connectivity index (χ4v) is 4.48. The average Bonchev–Trinajstić information content (AvgIpc) is 3.40. The van der Waals surface area contributed by atoms with Gasteiger partial charge in [0.25, 0.3) is 11.8 Å². The van der Waals surface area contributed by atoms with E-state index < -0.39 is 11.8 Å². The summed E-state index contributed by atoms with van der Waals surface area (Å²) in [6.07, 6.45) is 3.49. The van der Waals surface area contributed by atoms with Crippen molar-refractivity contribution in [1.82, 2.24) is 14.7 Å². The number of ether oxygens (including phenoxy) is 1. The molecule has 0 bridgehead atoms. The van der Waals surface area contributed by atoms with Gasteiger partial charge in [0.15, 0.2) is 0 Å². The molecule has 0 unspecified atom stereocenters. The lowest BCUT2D eigenvalue weighted by molar-refractivity contribution is -0.140. The van der Waals surface area contributed by atoms with Crippen molar-refractivity contribution < 1.29 is 18.7 Å². The predicted octanol–water partition coefficient (Wildman–Crippen LogP) is 5.87. The summed E-state index contributed by atoms with van der Waals surface area (Å²) >= 11 is 0. The molecule has 0 saturated carbocycles. The van der Waals surface area contributed by atoms with Gasteiger partial charge in [-0.05, 0) is 67.5 Å². The molecule has 5 rings (SSSR count). The third kappa shape index (κ3) is 5.18. The largest absolute Gasteiger partial charge is 0.489 e. The minimum absolute atomic E-state index is 0.0547. The van der Waals surface area contributed by atoms with E-state index >= 15 is 0 Å². The van der Waals surface area contributed by atoms with Crippen molar-refractivity contribution in [2.45, 2.75) is 20.5 Å². The molecular weight excluding hydrogens is 507 g/mol. The summed E-state index contributed by atoms with van der Waals surface area (Å²) in [5, 5.41) is 14.5. The highest BCUT2D eigenvalue weighted by atomic mass is 19.1. The van der Waals surface area contributed by atoms with E-state index in [9.17, 15) is 19.2 Å². The van der Waals surface area contributed by atoms with Crippen LogP contribution in [0.25, 0.3) is 23.0 Å². The monoisotopic (exact) mass is 532 g/mol. The molecule has 40 heavy (non-hydrogen) atoms.